The van der Waals surface area contributed by atoms with Crippen LogP contribution < -0.4 is 10.2 Å². The molecule has 7 nitrogen and oxygen atoms in total. The minimum absolute atomic E-state index is 0.254. The molecular formula is C27H23ClN4O3. The Balaban J connectivity index is 1.54. The van der Waals surface area contributed by atoms with Gasteiger partial charge in [0.15, 0.2) is 0 Å². The van der Waals surface area contributed by atoms with Gasteiger partial charge in [-0.05, 0) is 35.9 Å². The van der Waals surface area contributed by atoms with E-state index < -0.39 is 0 Å². The number of halogens is 1. The largest absolute Gasteiger partial charge is 0.378 e. The Morgan fingerprint density at radius 2 is 1.83 bits per heavy atom. The van der Waals surface area contributed by atoms with Gasteiger partial charge in [-0.3, -0.25) is 9.59 Å². The normalized spacial score (nSPS) is 13.6. The van der Waals surface area contributed by atoms with E-state index in [4.69, 9.17) is 16.3 Å². The molecule has 4 aromatic rings. The molecule has 0 bridgehead atoms. The molecule has 35 heavy (non-hydrogen) atoms. The molecule has 3 aromatic carbocycles. The summed E-state index contributed by atoms with van der Waals surface area (Å²) in [5.74, 6) is -0.212. The number of amides is 1. The molecule has 1 saturated heterocycles. The molecule has 1 aliphatic rings. The third-order valence-corrected chi connectivity index (χ3v) is 6.29. The van der Waals surface area contributed by atoms with Gasteiger partial charge in [-0.15, -0.1) is 16.7 Å². The zero-order chi connectivity index (χ0) is 24.2. The number of nitrogens with one attached hydrogen (secondary N) is 1. The van der Waals surface area contributed by atoms with Crippen LogP contribution in [-0.2, 0) is 10.6 Å². The van der Waals surface area contributed by atoms with Crippen LogP contribution in [0.2, 0.25) is 0 Å². The van der Waals surface area contributed by atoms with Gasteiger partial charge in [0.1, 0.15) is 5.69 Å². The van der Waals surface area contributed by atoms with E-state index in [1.165, 1.54) is 0 Å². The summed E-state index contributed by atoms with van der Waals surface area (Å²) >= 11 is 5.92. The zero-order valence-electron chi connectivity index (χ0n) is 18.9. The van der Waals surface area contributed by atoms with Crippen LogP contribution >= 0.6 is 11.6 Å². The van der Waals surface area contributed by atoms with Crippen molar-refractivity contribution < 1.29 is 14.3 Å². The Morgan fingerprint density at radius 3 is 2.66 bits per heavy atom. The zero-order valence-corrected chi connectivity index (χ0v) is 19.7. The quantitative estimate of drug-likeness (QED) is 0.314. The number of carbonyl (C=O) groups excluding carboxylic acids is 2. The minimum Gasteiger partial charge on any atom is -0.378 e. The van der Waals surface area contributed by atoms with E-state index in [1.807, 2.05) is 36.4 Å². The van der Waals surface area contributed by atoms with Gasteiger partial charge < -0.3 is 15.0 Å². The molecule has 0 radical (unpaired) electrons. The molecule has 176 valence electrons. The first kappa shape index (κ1) is 23.0. The van der Waals surface area contributed by atoms with Crippen molar-refractivity contribution in [3.63, 3.8) is 0 Å². The van der Waals surface area contributed by atoms with Gasteiger partial charge in [0.2, 0.25) is 5.78 Å². The molecule has 1 fully saturated rings. The molecule has 0 aliphatic carbocycles. The minimum atomic E-state index is -0.278. The van der Waals surface area contributed by atoms with Crippen molar-refractivity contribution in [2.75, 3.05) is 36.5 Å². The van der Waals surface area contributed by atoms with Crippen LogP contribution in [0.15, 0.2) is 72.9 Å². The summed E-state index contributed by atoms with van der Waals surface area (Å²) in [5, 5.41) is 12.7. The van der Waals surface area contributed by atoms with E-state index in [0.29, 0.717) is 49.0 Å². The second-order valence-electron chi connectivity index (χ2n) is 8.23. The average molecular weight is 487 g/mol. The predicted octanol–water partition coefficient (Wildman–Crippen LogP) is 4.69. The lowest BCUT2D eigenvalue weighted by atomic mass is 10.00. The monoisotopic (exact) mass is 486 g/mol. The van der Waals surface area contributed by atoms with E-state index in [1.54, 1.807) is 36.5 Å². The standard InChI is InChI=1S/C27H23ClN4O3/c28-16-18-4-3-6-19(14-18)27(34)30-21-8-9-24(32-10-12-35-13-11-32)23(15-21)26(33)25-22-7-2-1-5-20(22)17-29-31-25/h1-9,14-15,17H,10-13,16H2,(H,30,34). The SMILES string of the molecule is O=C(Nc1ccc(N2CCOCC2)c(C(=O)c2nncc3ccccc23)c1)c1cccc(CCl)c1. The molecule has 1 N–H and O–H groups in total. The van der Waals surface area contributed by atoms with Crippen molar-refractivity contribution in [1.29, 1.82) is 0 Å². The molecule has 8 heteroatoms. The highest BCUT2D eigenvalue weighted by molar-refractivity contribution is 6.18. The molecular weight excluding hydrogens is 464 g/mol. The van der Waals surface area contributed by atoms with Crippen LogP contribution in [0, 0.1) is 0 Å². The summed E-state index contributed by atoms with van der Waals surface area (Å²) in [6, 6.07) is 20.0. The first-order valence-electron chi connectivity index (χ1n) is 11.3. The van der Waals surface area contributed by atoms with E-state index in [-0.39, 0.29) is 17.4 Å². The Kier molecular flexibility index (Phi) is 6.70. The molecule has 0 atom stereocenters. The number of ketones is 1. The van der Waals surface area contributed by atoms with Gasteiger partial charge in [0.25, 0.3) is 5.91 Å². The number of aromatic nitrogens is 2. The van der Waals surface area contributed by atoms with E-state index in [0.717, 1.165) is 22.0 Å². The van der Waals surface area contributed by atoms with Gasteiger partial charge in [-0.1, -0.05) is 36.4 Å². The van der Waals surface area contributed by atoms with Crippen LogP contribution in [0.3, 0.4) is 0 Å². The number of carbonyl (C=O) groups is 2. The third kappa shape index (κ3) is 4.87. The Morgan fingerprint density at radius 1 is 1.00 bits per heavy atom. The van der Waals surface area contributed by atoms with Crippen LogP contribution in [0.5, 0.6) is 0 Å². The number of ether oxygens (including phenoxy) is 1. The highest BCUT2D eigenvalue weighted by atomic mass is 35.5. The Bertz CT molecular complexity index is 1400. The number of anilines is 2. The number of rotatable bonds is 6. The van der Waals surface area contributed by atoms with Gasteiger partial charge in [0.05, 0.1) is 19.4 Å². The number of alkyl halides is 1. The summed E-state index contributed by atoms with van der Waals surface area (Å²) in [7, 11) is 0. The Hall–Kier alpha value is -3.81. The fourth-order valence-electron chi connectivity index (χ4n) is 4.20. The lowest BCUT2D eigenvalue weighted by molar-refractivity contribution is 0.101. The summed E-state index contributed by atoms with van der Waals surface area (Å²) in [5.41, 5.74) is 3.36. The summed E-state index contributed by atoms with van der Waals surface area (Å²) < 4.78 is 5.49. The first-order chi connectivity index (χ1) is 17.1. The third-order valence-electron chi connectivity index (χ3n) is 5.98. The van der Waals surface area contributed by atoms with Crippen LogP contribution in [0.25, 0.3) is 10.8 Å². The first-order valence-corrected chi connectivity index (χ1v) is 11.9. The molecule has 1 aliphatic heterocycles. The fourth-order valence-corrected chi connectivity index (χ4v) is 4.36. The van der Waals surface area contributed by atoms with Gasteiger partial charge in [-0.25, -0.2) is 0 Å². The number of benzene rings is 3. The van der Waals surface area contributed by atoms with E-state index >= 15 is 0 Å². The van der Waals surface area contributed by atoms with Crippen LogP contribution in [-0.4, -0.2) is 48.2 Å². The maximum absolute atomic E-state index is 13.8. The number of hydrogen-bond donors (Lipinski definition) is 1. The van der Waals surface area contributed by atoms with Crippen molar-refractivity contribution >= 4 is 45.4 Å². The molecule has 2 heterocycles. The van der Waals surface area contributed by atoms with E-state index in [2.05, 4.69) is 20.4 Å². The second kappa shape index (κ2) is 10.2. The number of hydrogen-bond acceptors (Lipinski definition) is 6. The van der Waals surface area contributed by atoms with E-state index in [9.17, 15) is 9.59 Å². The molecule has 0 unspecified atom stereocenters. The van der Waals surface area contributed by atoms with Crippen molar-refractivity contribution in [3.8, 4) is 0 Å². The fraction of sp³-hybridized carbons (Fsp3) is 0.185. The highest BCUT2D eigenvalue weighted by Crippen LogP contribution is 2.29. The van der Waals surface area contributed by atoms with Crippen molar-refractivity contribution in [2.45, 2.75) is 5.88 Å². The van der Waals surface area contributed by atoms with Crippen molar-refractivity contribution in [2.24, 2.45) is 0 Å². The number of nitrogens with zero attached hydrogens (tertiary/aromatic N) is 3. The number of fused-ring (bicyclic) bond motifs is 1. The van der Waals surface area contributed by atoms with Crippen LogP contribution in [0.1, 0.15) is 32.0 Å². The maximum Gasteiger partial charge on any atom is 0.255 e. The maximum atomic E-state index is 13.8. The van der Waals surface area contributed by atoms with Crippen molar-refractivity contribution in [3.05, 3.63) is 95.3 Å². The van der Waals surface area contributed by atoms with Gasteiger partial charge in [-0.2, -0.15) is 5.10 Å². The number of morpholine rings is 1. The smallest absolute Gasteiger partial charge is 0.255 e. The van der Waals surface area contributed by atoms with Gasteiger partial charge in [0, 0.05) is 52.2 Å². The van der Waals surface area contributed by atoms with Gasteiger partial charge >= 0.3 is 0 Å². The average Bonchev–Trinajstić information content (AvgIpc) is 2.92. The summed E-state index contributed by atoms with van der Waals surface area (Å²) in [6.45, 7) is 2.49. The lowest BCUT2D eigenvalue weighted by Crippen LogP contribution is -2.37. The van der Waals surface area contributed by atoms with Crippen molar-refractivity contribution in [1.82, 2.24) is 10.2 Å². The molecule has 0 spiro atoms. The summed E-state index contributed by atoms with van der Waals surface area (Å²) in [4.78, 5) is 28.8. The highest BCUT2D eigenvalue weighted by Gasteiger charge is 2.23. The molecule has 1 aromatic heterocycles. The lowest BCUT2D eigenvalue weighted by Gasteiger charge is -2.30. The predicted molar refractivity (Wildman–Crippen MR) is 136 cm³/mol. The molecule has 1 amide bonds. The second-order valence-corrected chi connectivity index (χ2v) is 8.50. The Labute approximate surface area is 207 Å². The summed E-state index contributed by atoms with van der Waals surface area (Å²) in [6.07, 6.45) is 1.64. The van der Waals surface area contributed by atoms with Crippen LogP contribution in [0.4, 0.5) is 11.4 Å². The molecule has 0 saturated carbocycles. The molecule has 5 rings (SSSR count). The topological polar surface area (TPSA) is 84.4 Å².